The summed E-state index contributed by atoms with van der Waals surface area (Å²) < 4.78 is 5.18. The summed E-state index contributed by atoms with van der Waals surface area (Å²) >= 11 is 0. The number of primary amides is 1. The van der Waals surface area contributed by atoms with E-state index in [-0.39, 0.29) is 13.2 Å². The number of hydrazone groups is 1. The van der Waals surface area contributed by atoms with Gasteiger partial charge in [-0.25, -0.2) is 5.43 Å². The Bertz CT molecular complexity index is 892. The highest BCUT2D eigenvalue weighted by atomic mass is 16.5. The fourth-order valence-corrected chi connectivity index (χ4v) is 2.34. The number of benzene rings is 2. The molecule has 0 heterocycles. The Kier molecular flexibility index (Phi) is 7.90. The van der Waals surface area contributed by atoms with Crippen LogP contribution >= 0.6 is 0 Å². The van der Waals surface area contributed by atoms with E-state index in [4.69, 9.17) is 10.5 Å². The Morgan fingerprint density at radius 1 is 1.10 bits per heavy atom. The van der Waals surface area contributed by atoms with Gasteiger partial charge in [0.1, 0.15) is 5.75 Å². The second kappa shape index (κ2) is 10.6. The largest absolute Gasteiger partial charge is 0.484 e. The first-order valence-electron chi connectivity index (χ1n) is 9.06. The summed E-state index contributed by atoms with van der Waals surface area (Å²) in [5.74, 6) is -1.38. The van der Waals surface area contributed by atoms with E-state index in [1.807, 2.05) is 24.3 Å². The van der Waals surface area contributed by atoms with Gasteiger partial charge in [0.25, 0.3) is 5.91 Å². The molecule has 8 heteroatoms. The van der Waals surface area contributed by atoms with E-state index in [1.54, 1.807) is 24.3 Å². The Balaban J connectivity index is 1.81. The lowest BCUT2D eigenvalue weighted by atomic mass is 10.0. The fraction of sp³-hybridized carbons (Fsp3) is 0.238. The highest BCUT2D eigenvalue weighted by Gasteiger charge is 2.12. The third kappa shape index (κ3) is 7.45. The lowest BCUT2D eigenvalue weighted by molar-refractivity contribution is -0.139. The van der Waals surface area contributed by atoms with Crippen molar-refractivity contribution >= 4 is 23.9 Å². The van der Waals surface area contributed by atoms with Gasteiger partial charge in [0.05, 0.1) is 6.21 Å². The first kappa shape index (κ1) is 21.6. The predicted octanol–water partition coefficient (Wildman–Crippen LogP) is 1.44. The lowest BCUT2D eigenvalue weighted by Crippen LogP contribution is -2.37. The number of amides is 3. The van der Waals surface area contributed by atoms with Crippen LogP contribution in [-0.4, -0.2) is 30.5 Å². The maximum absolute atomic E-state index is 11.9. The van der Waals surface area contributed by atoms with E-state index in [0.29, 0.717) is 17.2 Å². The van der Waals surface area contributed by atoms with Crippen LogP contribution in [0, 0.1) is 0 Å². The number of hydrogen-bond donors (Lipinski definition) is 3. The van der Waals surface area contributed by atoms with Crippen LogP contribution in [-0.2, 0) is 20.9 Å². The Morgan fingerprint density at radius 2 is 1.83 bits per heavy atom. The summed E-state index contributed by atoms with van der Waals surface area (Å²) in [6.45, 7) is 4.21. The van der Waals surface area contributed by atoms with Crippen LogP contribution in [0.3, 0.4) is 0 Å². The maximum Gasteiger partial charge on any atom is 0.329 e. The van der Waals surface area contributed by atoms with Crippen molar-refractivity contribution in [2.45, 2.75) is 26.3 Å². The molecule has 8 nitrogen and oxygen atoms in total. The third-order valence-electron chi connectivity index (χ3n) is 3.92. The summed E-state index contributed by atoms with van der Waals surface area (Å²) in [5.41, 5.74) is 9.90. The normalized spacial score (nSPS) is 10.7. The van der Waals surface area contributed by atoms with Crippen molar-refractivity contribution in [3.05, 3.63) is 65.2 Å². The smallest absolute Gasteiger partial charge is 0.329 e. The van der Waals surface area contributed by atoms with Crippen LogP contribution < -0.4 is 21.2 Å². The van der Waals surface area contributed by atoms with E-state index in [0.717, 1.165) is 5.56 Å². The number of nitrogens with one attached hydrogen (secondary N) is 2. The van der Waals surface area contributed by atoms with Crippen molar-refractivity contribution in [2.75, 3.05) is 6.61 Å². The van der Waals surface area contributed by atoms with Gasteiger partial charge >= 0.3 is 11.8 Å². The lowest BCUT2D eigenvalue weighted by Gasteiger charge is -2.07. The summed E-state index contributed by atoms with van der Waals surface area (Å²) in [5, 5.41) is 6.30. The highest BCUT2D eigenvalue weighted by Crippen LogP contribution is 2.14. The van der Waals surface area contributed by atoms with Crippen molar-refractivity contribution in [1.82, 2.24) is 10.7 Å². The van der Waals surface area contributed by atoms with Crippen LogP contribution in [0.1, 0.15) is 36.5 Å². The first-order chi connectivity index (χ1) is 13.8. The molecule has 3 amide bonds. The van der Waals surface area contributed by atoms with Crippen LogP contribution in [0.4, 0.5) is 0 Å². The third-order valence-corrected chi connectivity index (χ3v) is 3.92. The first-order valence-corrected chi connectivity index (χ1v) is 9.06. The number of nitrogens with zero attached hydrogens (tertiary/aromatic N) is 1. The summed E-state index contributed by atoms with van der Waals surface area (Å²) in [6.07, 6.45) is 1.35. The van der Waals surface area contributed by atoms with E-state index in [9.17, 15) is 14.4 Å². The van der Waals surface area contributed by atoms with Crippen LogP contribution in [0.5, 0.6) is 5.75 Å². The summed E-state index contributed by atoms with van der Waals surface area (Å²) in [4.78, 5) is 34.4. The number of carbonyl (C=O) groups excluding carboxylic acids is 3. The van der Waals surface area contributed by atoms with Crippen LogP contribution in [0.15, 0.2) is 53.6 Å². The van der Waals surface area contributed by atoms with Crippen molar-refractivity contribution < 1.29 is 19.1 Å². The maximum atomic E-state index is 11.9. The van der Waals surface area contributed by atoms with Gasteiger partial charge in [0, 0.05) is 6.54 Å². The fourth-order valence-electron chi connectivity index (χ4n) is 2.34. The van der Waals surface area contributed by atoms with Crippen molar-refractivity contribution in [3.63, 3.8) is 0 Å². The molecule has 0 unspecified atom stereocenters. The number of rotatable bonds is 8. The molecule has 2 aromatic rings. The number of ether oxygens (including phenoxy) is 1. The van der Waals surface area contributed by atoms with Gasteiger partial charge in [-0.15, -0.1) is 0 Å². The second-order valence-electron chi connectivity index (χ2n) is 6.61. The van der Waals surface area contributed by atoms with E-state index >= 15 is 0 Å². The number of nitrogens with two attached hydrogens (primary N) is 1. The topological polar surface area (TPSA) is 123 Å². The zero-order valence-corrected chi connectivity index (χ0v) is 16.3. The molecule has 0 spiro atoms. The molecule has 0 saturated heterocycles. The number of hydrogen-bond acceptors (Lipinski definition) is 5. The summed E-state index contributed by atoms with van der Waals surface area (Å²) in [7, 11) is 0. The quantitative estimate of drug-likeness (QED) is 0.355. The van der Waals surface area contributed by atoms with Gasteiger partial charge in [-0.05, 0) is 34.7 Å². The van der Waals surface area contributed by atoms with E-state index < -0.39 is 17.7 Å². The van der Waals surface area contributed by atoms with Crippen LogP contribution in [0.25, 0.3) is 0 Å². The molecule has 0 aliphatic heterocycles. The minimum atomic E-state index is -0.874. The Morgan fingerprint density at radius 3 is 2.48 bits per heavy atom. The Labute approximate surface area is 169 Å². The SMILES string of the molecule is CC(C)c1ccc(CNC(=O)C(=O)N/N=C\c2cccc(OCC(N)=O)c2)cc1. The van der Waals surface area contributed by atoms with Gasteiger partial charge in [-0.1, -0.05) is 50.2 Å². The monoisotopic (exact) mass is 396 g/mol. The van der Waals surface area contributed by atoms with Crippen molar-refractivity contribution in [2.24, 2.45) is 10.8 Å². The molecule has 0 aliphatic carbocycles. The molecule has 0 atom stereocenters. The average molecular weight is 396 g/mol. The van der Waals surface area contributed by atoms with E-state index in [1.165, 1.54) is 11.8 Å². The molecule has 0 aromatic heterocycles. The molecule has 2 aromatic carbocycles. The Hall–Kier alpha value is -3.68. The molecular weight excluding hydrogens is 372 g/mol. The molecule has 152 valence electrons. The zero-order valence-electron chi connectivity index (χ0n) is 16.3. The van der Waals surface area contributed by atoms with Gasteiger partial charge in [-0.3, -0.25) is 14.4 Å². The average Bonchev–Trinajstić information content (AvgIpc) is 2.71. The van der Waals surface area contributed by atoms with Gasteiger partial charge in [0.15, 0.2) is 6.61 Å². The van der Waals surface area contributed by atoms with Gasteiger partial charge in [0.2, 0.25) is 0 Å². The second-order valence-corrected chi connectivity index (χ2v) is 6.61. The zero-order chi connectivity index (χ0) is 21.2. The molecule has 2 rings (SSSR count). The van der Waals surface area contributed by atoms with Gasteiger partial charge in [-0.2, -0.15) is 5.10 Å². The highest BCUT2D eigenvalue weighted by molar-refractivity contribution is 6.35. The molecule has 29 heavy (non-hydrogen) atoms. The molecular formula is C21H24N4O4. The molecule has 0 aliphatic rings. The van der Waals surface area contributed by atoms with Crippen molar-refractivity contribution in [3.8, 4) is 5.75 Å². The molecule has 0 bridgehead atoms. The predicted molar refractivity (Wildman–Crippen MR) is 109 cm³/mol. The molecule has 0 saturated carbocycles. The standard InChI is InChI=1S/C21H24N4O4/c1-14(2)17-8-6-15(7-9-17)11-23-20(27)21(28)25-24-12-16-4-3-5-18(10-16)29-13-19(22)26/h3-10,12,14H,11,13H2,1-2H3,(H2,22,26)(H,23,27)(H,25,28)/b24-12-. The summed E-state index contributed by atoms with van der Waals surface area (Å²) in [6, 6.07) is 14.5. The molecule has 4 N–H and O–H groups in total. The minimum absolute atomic E-state index is 0.238. The minimum Gasteiger partial charge on any atom is -0.484 e. The number of carbonyl (C=O) groups is 3. The van der Waals surface area contributed by atoms with Crippen LogP contribution in [0.2, 0.25) is 0 Å². The molecule has 0 radical (unpaired) electrons. The van der Waals surface area contributed by atoms with E-state index in [2.05, 4.69) is 29.7 Å². The molecule has 0 fully saturated rings. The van der Waals surface area contributed by atoms with Gasteiger partial charge < -0.3 is 15.8 Å². The van der Waals surface area contributed by atoms with Crippen molar-refractivity contribution in [1.29, 1.82) is 0 Å².